The molecule has 0 spiro atoms. The van der Waals surface area contributed by atoms with Gasteiger partial charge in [0.05, 0.1) is 6.10 Å². The van der Waals surface area contributed by atoms with Gasteiger partial charge in [-0.25, -0.2) is 0 Å². The monoisotopic (exact) mass is 237 g/mol. The number of amides is 1. The summed E-state index contributed by atoms with van der Waals surface area (Å²) in [6.07, 6.45) is 9.56. The number of hydrogen-bond donors (Lipinski definition) is 1. The second-order valence-corrected chi connectivity index (χ2v) is 6.17. The molecule has 0 radical (unpaired) electrons. The zero-order valence-electron chi connectivity index (χ0n) is 10.5. The van der Waals surface area contributed by atoms with E-state index in [2.05, 4.69) is 4.90 Å². The van der Waals surface area contributed by atoms with Gasteiger partial charge < -0.3 is 10.0 Å². The van der Waals surface area contributed by atoms with Crippen LogP contribution in [-0.4, -0.2) is 34.1 Å². The molecule has 3 heteroatoms. The smallest absolute Gasteiger partial charge is 0.223 e. The van der Waals surface area contributed by atoms with Gasteiger partial charge in [-0.3, -0.25) is 4.79 Å². The predicted molar refractivity (Wildman–Crippen MR) is 65.5 cm³/mol. The minimum atomic E-state index is -0.164. The van der Waals surface area contributed by atoms with Gasteiger partial charge in [-0.2, -0.15) is 0 Å². The molecule has 2 saturated heterocycles. The topological polar surface area (TPSA) is 40.5 Å². The molecule has 3 rings (SSSR count). The molecule has 2 heterocycles. The third kappa shape index (κ3) is 2.22. The average molecular weight is 237 g/mol. The maximum Gasteiger partial charge on any atom is 0.223 e. The van der Waals surface area contributed by atoms with E-state index in [1.165, 1.54) is 25.7 Å². The van der Waals surface area contributed by atoms with E-state index in [1.54, 1.807) is 0 Å². The number of rotatable bonds is 2. The van der Waals surface area contributed by atoms with Crippen molar-refractivity contribution >= 4 is 5.91 Å². The third-order valence-corrected chi connectivity index (χ3v) is 4.93. The second kappa shape index (κ2) is 4.60. The SMILES string of the molecule is O=C(CC1CCCC1)N1C2CCC1CC(O)C2. The van der Waals surface area contributed by atoms with Crippen molar-refractivity contribution in [3.63, 3.8) is 0 Å². The Balaban J connectivity index is 1.62. The molecular weight excluding hydrogens is 214 g/mol. The van der Waals surface area contributed by atoms with Gasteiger partial charge in [0, 0.05) is 18.5 Å². The van der Waals surface area contributed by atoms with Crippen molar-refractivity contribution in [3.05, 3.63) is 0 Å². The second-order valence-electron chi connectivity index (χ2n) is 6.17. The highest BCUT2D eigenvalue weighted by atomic mass is 16.3. The fraction of sp³-hybridized carbons (Fsp3) is 0.929. The molecule has 96 valence electrons. The molecule has 0 aromatic rings. The number of hydrogen-bond acceptors (Lipinski definition) is 2. The highest BCUT2D eigenvalue weighted by Gasteiger charge is 2.42. The van der Waals surface area contributed by atoms with E-state index < -0.39 is 0 Å². The number of carbonyl (C=O) groups is 1. The zero-order valence-corrected chi connectivity index (χ0v) is 10.5. The Bertz CT molecular complexity index is 285. The van der Waals surface area contributed by atoms with Crippen LogP contribution in [0, 0.1) is 5.92 Å². The summed E-state index contributed by atoms with van der Waals surface area (Å²) in [4.78, 5) is 14.5. The van der Waals surface area contributed by atoms with Gasteiger partial charge in [-0.05, 0) is 44.4 Å². The molecule has 17 heavy (non-hydrogen) atoms. The molecule has 0 aromatic carbocycles. The van der Waals surface area contributed by atoms with Crippen LogP contribution in [-0.2, 0) is 4.79 Å². The van der Waals surface area contributed by atoms with E-state index in [9.17, 15) is 9.90 Å². The van der Waals surface area contributed by atoms with Crippen molar-refractivity contribution in [2.75, 3.05) is 0 Å². The van der Waals surface area contributed by atoms with Crippen molar-refractivity contribution < 1.29 is 9.90 Å². The first kappa shape index (κ1) is 11.5. The van der Waals surface area contributed by atoms with Crippen LogP contribution in [0.4, 0.5) is 0 Å². The third-order valence-electron chi connectivity index (χ3n) is 4.93. The summed E-state index contributed by atoms with van der Waals surface area (Å²) in [5.41, 5.74) is 0. The Morgan fingerprint density at radius 3 is 2.24 bits per heavy atom. The molecule has 2 atom stereocenters. The zero-order chi connectivity index (χ0) is 11.8. The van der Waals surface area contributed by atoms with E-state index >= 15 is 0 Å². The lowest BCUT2D eigenvalue weighted by atomic mass is 9.97. The van der Waals surface area contributed by atoms with Gasteiger partial charge >= 0.3 is 0 Å². The summed E-state index contributed by atoms with van der Waals surface area (Å²) in [6.45, 7) is 0. The Morgan fingerprint density at radius 2 is 1.65 bits per heavy atom. The summed E-state index contributed by atoms with van der Waals surface area (Å²) in [5, 5.41) is 9.74. The molecule has 3 aliphatic rings. The molecule has 2 bridgehead atoms. The first-order valence-corrected chi connectivity index (χ1v) is 7.23. The number of aliphatic hydroxyl groups excluding tert-OH is 1. The van der Waals surface area contributed by atoms with Gasteiger partial charge in [0.15, 0.2) is 0 Å². The molecular formula is C14H23NO2. The van der Waals surface area contributed by atoms with Crippen molar-refractivity contribution in [1.82, 2.24) is 4.90 Å². The van der Waals surface area contributed by atoms with Gasteiger partial charge in [0.1, 0.15) is 0 Å². The molecule has 3 fully saturated rings. The minimum Gasteiger partial charge on any atom is -0.393 e. The van der Waals surface area contributed by atoms with E-state index in [4.69, 9.17) is 0 Å². The fourth-order valence-electron chi connectivity index (χ4n) is 4.12. The fourth-order valence-corrected chi connectivity index (χ4v) is 4.12. The van der Waals surface area contributed by atoms with Crippen LogP contribution in [0.1, 0.15) is 57.8 Å². The van der Waals surface area contributed by atoms with Crippen LogP contribution >= 0.6 is 0 Å². The normalized spacial score (nSPS) is 37.7. The van der Waals surface area contributed by atoms with Gasteiger partial charge in [0.2, 0.25) is 5.91 Å². The molecule has 2 unspecified atom stereocenters. The predicted octanol–water partition coefficient (Wildman–Crippen LogP) is 2.08. The Hall–Kier alpha value is -0.570. The summed E-state index contributed by atoms with van der Waals surface area (Å²) in [6, 6.07) is 0.690. The van der Waals surface area contributed by atoms with Crippen LogP contribution in [0.25, 0.3) is 0 Å². The Kier molecular flexibility index (Phi) is 3.12. The number of nitrogens with zero attached hydrogens (tertiary/aromatic N) is 1. The number of carbonyl (C=O) groups excluding carboxylic acids is 1. The lowest BCUT2D eigenvalue weighted by Crippen LogP contribution is -2.48. The van der Waals surface area contributed by atoms with E-state index in [-0.39, 0.29) is 6.10 Å². The van der Waals surface area contributed by atoms with Gasteiger partial charge in [-0.15, -0.1) is 0 Å². The van der Waals surface area contributed by atoms with Crippen molar-refractivity contribution in [2.45, 2.75) is 76.0 Å². The molecule has 1 N–H and O–H groups in total. The maximum atomic E-state index is 12.4. The van der Waals surface area contributed by atoms with E-state index in [1.807, 2.05) is 0 Å². The molecule has 1 aliphatic carbocycles. The van der Waals surface area contributed by atoms with Gasteiger partial charge in [-0.1, -0.05) is 12.8 Å². The molecule has 2 aliphatic heterocycles. The van der Waals surface area contributed by atoms with Crippen molar-refractivity contribution in [1.29, 1.82) is 0 Å². The maximum absolute atomic E-state index is 12.4. The van der Waals surface area contributed by atoms with Crippen LogP contribution < -0.4 is 0 Å². The van der Waals surface area contributed by atoms with Crippen LogP contribution in [0.2, 0.25) is 0 Å². The Labute approximate surface area is 103 Å². The average Bonchev–Trinajstić information content (AvgIpc) is 2.86. The van der Waals surface area contributed by atoms with Crippen LogP contribution in [0.5, 0.6) is 0 Å². The summed E-state index contributed by atoms with van der Waals surface area (Å²) in [7, 11) is 0. The lowest BCUT2D eigenvalue weighted by Gasteiger charge is -2.37. The highest BCUT2D eigenvalue weighted by molar-refractivity contribution is 5.77. The van der Waals surface area contributed by atoms with Crippen LogP contribution in [0.3, 0.4) is 0 Å². The summed E-state index contributed by atoms with van der Waals surface area (Å²) >= 11 is 0. The van der Waals surface area contributed by atoms with E-state index in [0.717, 1.165) is 32.1 Å². The summed E-state index contributed by atoms with van der Waals surface area (Å²) < 4.78 is 0. The van der Waals surface area contributed by atoms with Crippen LogP contribution in [0.15, 0.2) is 0 Å². The van der Waals surface area contributed by atoms with Crippen molar-refractivity contribution in [3.8, 4) is 0 Å². The number of piperidine rings is 1. The van der Waals surface area contributed by atoms with Gasteiger partial charge in [0.25, 0.3) is 0 Å². The number of fused-ring (bicyclic) bond motifs is 2. The molecule has 1 amide bonds. The standard InChI is InChI=1S/C14H23NO2/c16-13-8-11-5-6-12(9-13)15(11)14(17)7-10-3-1-2-4-10/h10-13,16H,1-9H2. The van der Waals surface area contributed by atoms with E-state index in [0.29, 0.717) is 23.9 Å². The molecule has 3 nitrogen and oxygen atoms in total. The first-order chi connectivity index (χ1) is 8.24. The van der Waals surface area contributed by atoms with Crippen molar-refractivity contribution in [2.24, 2.45) is 5.92 Å². The first-order valence-electron chi connectivity index (χ1n) is 7.23. The minimum absolute atomic E-state index is 0.164. The number of aliphatic hydroxyl groups is 1. The Morgan fingerprint density at radius 1 is 1.06 bits per heavy atom. The quantitative estimate of drug-likeness (QED) is 0.799. The summed E-state index contributed by atoms with van der Waals surface area (Å²) in [5.74, 6) is 1.02. The largest absolute Gasteiger partial charge is 0.393 e. The molecule has 1 saturated carbocycles. The molecule has 0 aromatic heterocycles. The lowest BCUT2D eigenvalue weighted by molar-refractivity contribution is -0.138. The highest BCUT2D eigenvalue weighted by Crippen LogP contribution is 2.37.